The van der Waals surface area contributed by atoms with Crippen molar-refractivity contribution in [3.63, 3.8) is 0 Å². The smallest absolute Gasteiger partial charge is 0.316 e. The topological polar surface area (TPSA) is 116 Å². The van der Waals surface area contributed by atoms with Gasteiger partial charge in [-0.15, -0.1) is 11.8 Å². The molecule has 0 saturated carbocycles. The molecule has 8 heteroatoms. The number of ketones is 2. The molecule has 0 fully saturated rings. The van der Waals surface area contributed by atoms with Crippen LogP contribution in [-0.2, 0) is 9.53 Å². The van der Waals surface area contributed by atoms with E-state index in [1.807, 2.05) is 0 Å². The van der Waals surface area contributed by atoms with Crippen LogP contribution in [0.3, 0.4) is 0 Å². The molecule has 3 N–H and O–H groups in total. The van der Waals surface area contributed by atoms with Crippen LogP contribution in [0.15, 0.2) is 59.5 Å². The number of nitrogens with two attached hydrogens (primary N) is 1. The fourth-order valence-corrected chi connectivity index (χ4v) is 5.08. The molecule has 7 nitrogen and oxygen atoms in total. The maximum Gasteiger partial charge on any atom is 0.316 e. The van der Waals surface area contributed by atoms with E-state index in [0.29, 0.717) is 18.3 Å². The van der Waals surface area contributed by atoms with Crippen LogP contribution in [0.1, 0.15) is 71.4 Å². The first-order valence-corrected chi connectivity index (χ1v) is 13.7. The normalized spacial score (nSPS) is 13.0. The van der Waals surface area contributed by atoms with Gasteiger partial charge >= 0.3 is 5.97 Å². The Morgan fingerprint density at radius 2 is 1.66 bits per heavy atom. The minimum absolute atomic E-state index is 0.0174. The van der Waals surface area contributed by atoms with Gasteiger partial charge in [0.1, 0.15) is 11.5 Å². The minimum atomic E-state index is -0.461. The Morgan fingerprint density at radius 1 is 1.00 bits per heavy atom. The van der Waals surface area contributed by atoms with Crippen LogP contribution < -0.4 is 10.5 Å². The van der Waals surface area contributed by atoms with E-state index < -0.39 is 11.6 Å². The van der Waals surface area contributed by atoms with Crippen molar-refractivity contribution in [2.24, 2.45) is 5.92 Å². The number of ether oxygens (including phenoxy) is 2. The molecule has 3 aromatic rings. The second kappa shape index (κ2) is 12.2. The van der Waals surface area contributed by atoms with Gasteiger partial charge in [0, 0.05) is 22.1 Å². The summed E-state index contributed by atoms with van der Waals surface area (Å²) < 4.78 is 11.3. The maximum absolute atomic E-state index is 13.1. The Labute approximate surface area is 226 Å². The van der Waals surface area contributed by atoms with Crippen LogP contribution in [0.4, 0.5) is 5.69 Å². The van der Waals surface area contributed by atoms with E-state index >= 15 is 0 Å². The number of esters is 1. The molecule has 0 saturated heterocycles. The summed E-state index contributed by atoms with van der Waals surface area (Å²) in [6, 6.07) is 14.7. The molecular formula is C30H31NO6S. The Bertz CT molecular complexity index is 1350. The Hall–Kier alpha value is -3.78. The van der Waals surface area contributed by atoms with Crippen molar-refractivity contribution in [2.45, 2.75) is 44.4 Å². The quantitative estimate of drug-likeness (QED) is 0.0985. The fourth-order valence-electron chi connectivity index (χ4n) is 4.38. The summed E-state index contributed by atoms with van der Waals surface area (Å²) in [6.45, 7) is 4.72. The number of anilines is 1. The molecule has 198 valence electrons. The van der Waals surface area contributed by atoms with Crippen LogP contribution in [0.2, 0.25) is 0 Å². The third-order valence-electron chi connectivity index (χ3n) is 6.61. The van der Waals surface area contributed by atoms with E-state index in [1.54, 1.807) is 48.5 Å². The van der Waals surface area contributed by atoms with Crippen LogP contribution >= 0.6 is 11.8 Å². The first-order valence-electron chi connectivity index (χ1n) is 12.7. The highest BCUT2D eigenvalue weighted by Crippen LogP contribution is 2.42. The predicted octanol–water partition coefficient (Wildman–Crippen LogP) is 6.39. The number of carbonyl (C=O) groups is 3. The molecule has 0 aliphatic heterocycles. The number of phenolic OH excluding ortho intramolecular Hbond substituents is 1. The zero-order chi connectivity index (χ0) is 27.2. The van der Waals surface area contributed by atoms with Gasteiger partial charge in [0.05, 0.1) is 29.2 Å². The van der Waals surface area contributed by atoms with Gasteiger partial charge in [-0.3, -0.25) is 14.4 Å². The van der Waals surface area contributed by atoms with Crippen LogP contribution in [-0.4, -0.2) is 35.0 Å². The van der Waals surface area contributed by atoms with Crippen molar-refractivity contribution in [1.29, 1.82) is 0 Å². The van der Waals surface area contributed by atoms with Gasteiger partial charge in [0.2, 0.25) is 0 Å². The zero-order valence-corrected chi connectivity index (χ0v) is 22.3. The summed E-state index contributed by atoms with van der Waals surface area (Å²) in [4.78, 5) is 39.1. The van der Waals surface area contributed by atoms with Gasteiger partial charge < -0.3 is 20.3 Å². The number of fused-ring (bicyclic) bond motifs is 2. The maximum atomic E-state index is 13.1. The number of unbranched alkanes of at least 4 members (excludes halogenated alkanes) is 1. The number of hydrogen-bond acceptors (Lipinski definition) is 8. The number of nitrogen functional groups attached to an aromatic ring is 1. The van der Waals surface area contributed by atoms with E-state index in [4.69, 9.17) is 15.2 Å². The van der Waals surface area contributed by atoms with Crippen LogP contribution in [0.5, 0.6) is 17.2 Å². The number of rotatable bonds is 11. The molecule has 0 bridgehead atoms. The SMILES string of the molecule is CCCCC(CC)COC(=O)CSc1ccc(Oc2cc(O)c3c(c2N)C(=O)c2ccccc2C3=O)cc1. The standard InChI is InChI=1S/C30H31NO6S/c1-3-5-8-18(4-2)16-36-25(33)17-38-20-13-11-19(12-14-20)37-24-15-23(32)26-27(28(24)31)30(35)22-10-7-6-9-21(22)29(26)34/h6-7,9-15,18,32H,3-5,8,16-17,31H2,1-2H3. The van der Waals surface area contributed by atoms with Crippen LogP contribution in [0, 0.1) is 5.92 Å². The largest absolute Gasteiger partial charge is 0.507 e. The molecular weight excluding hydrogens is 502 g/mol. The summed E-state index contributed by atoms with van der Waals surface area (Å²) >= 11 is 1.36. The number of thioether (sulfide) groups is 1. The lowest BCUT2D eigenvalue weighted by atomic mass is 9.82. The second-order valence-electron chi connectivity index (χ2n) is 9.22. The van der Waals surface area contributed by atoms with Gasteiger partial charge in [-0.05, 0) is 36.6 Å². The molecule has 1 unspecified atom stereocenters. The average Bonchev–Trinajstić information content (AvgIpc) is 2.93. The van der Waals surface area contributed by atoms with Gasteiger partial charge in [-0.25, -0.2) is 0 Å². The summed E-state index contributed by atoms with van der Waals surface area (Å²) in [7, 11) is 0. The lowest BCUT2D eigenvalue weighted by Crippen LogP contribution is -2.22. The second-order valence-corrected chi connectivity index (χ2v) is 10.3. The molecule has 1 aliphatic rings. The Kier molecular flexibility index (Phi) is 8.73. The van der Waals surface area contributed by atoms with Gasteiger partial charge in [-0.2, -0.15) is 0 Å². The molecule has 0 amide bonds. The molecule has 1 aliphatic carbocycles. The third kappa shape index (κ3) is 5.86. The molecule has 0 spiro atoms. The Balaban J connectivity index is 1.41. The number of benzene rings is 3. The molecule has 1 atom stereocenters. The number of phenols is 1. The molecule has 0 heterocycles. The van der Waals surface area contributed by atoms with Crippen molar-refractivity contribution < 1.29 is 29.0 Å². The van der Waals surface area contributed by atoms with Crippen molar-refractivity contribution in [3.05, 3.63) is 76.9 Å². The minimum Gasteiger partial charge on any atom is -0.507 e. The predicted molar refractivity (Wildman–Crippen MR) is 147 cm³/mol. The molecule has 0 radical (unpaired) electrons. The summed E-state index contributed by atoms with van der Waals surface area (Å²) in [6.07, 6.45) is 4.33. The number of hydrogen-bond donors (Lipinski definition) is 2. The third-order valence-corrected chi connectivity index (χ3v) is 7.60. The summed E-state index contributed by atoms with van der Waals surface area (Å²) in [5.41, 5.74) is 6.53. The van der Waals surface area contributed by atoms with Crippen molar-refractivity contribution in [3.8, 4) is 17.2 Å². The monoisotopic (exact) mass is 533 g/mol. The Morgan fingerprint density at radius 3 is 2.29 bits per heavy atom. The van der Waals surface area contributed by atoms with Crippen LogP contribution in [0.25, 0.3) is 0 Å². The van der Waals surface area contributed by atoms with Gasteiger partial charge in [0.15, 0.2) is 17.3 Å². The molecule has 4 rings (SSSR count). The first-order chi connectivity index (χ1) is 18.3. The van der Waals surface area contributed by atoms with Crippen molar-refractivity contribution in [2.75, 3.05) is 18.1 Å². The van der Waals surface area contributed by atoms with E-state index in [9.17, 15) is 19.5 Å². The highest BCUT2D eigenvalue weighted by Gasteiger charge is 2.35. The van der Waals surface area contributed by atoms with E-state index in [2.05, 4.69) is 13.8 Å². The van der Waals surface area contributed by atoms with Crippen molar-refractivity contribution in [1.82, 2.24) is 0 Å². The molecule has 0 aromatic heterocycles. The van der Waals surface area contributed by atoms with E-state index in [-0.39, 0.29) is 51.2 Å². The van der Waals surface area contributed by atoms with Crippen molar-refractivity contribution >= 4 is 35.0 Å². The number of aromatic hydroxyl groups is 1. The lowest BCUT2D eigenvalue weighted by Gasteiger charge is -2.21. The van der Waals surface area contributed by atoms with Gasteiger partial charge in [-0.1, -0.05) is 57.4 Å². The highest BCUT2D eigenvalue weighted by molar-refractivity contribution is 8.00. The highest BCUT2D eigenvalue weighted by atomic mass is 32.2. The van der Waals surface area contributed by atoms with E-state index in [0.717, 1.165) is 30.6 Å². The fraction of sp³-hybridized carbons (Fsp3) is 0.300. The van der Waals surface area contributed by atoms with E-state index in [1.165, 1.54) is 17.8 Å². The molecule has 3 aromatic carbocycles. The van der Waals surface area contributed by atoms with Gasteiger partial charge in [0.25, 0.3) is 0 Å². The summed E-state index contributed by atoms with van der Waals surface area (Å²) in [5, 5.41) is 10.6. The lowest BCUT2D eigenvalue weighted by molar-refractivity contribution is -0.141. The first kappa shape index (κ1) is 27.3. The summed E-state index contributed by atoms with van der Waals surface area (Å²) in [5.74, 6) is -0.433. The average molecular weight is 534 g/mol. The number of carbonyl (C=O) groups excluding carboxylic acids is 3. The zero-order valence-electron chi connectivity index (χ0n) is 21.5. The molecule has 38 heavy (non-hydrogen) atoms.